The van der Waals surface area contributed by atoms with Crippen LogP contribution in [0.15, 0.2) is 54.6 Å². The van der Waals surface area contributed by atoms with E-state index < -0.39 is 11.4 Å². The number of rotatable bonds is 4. The maximum absolute atomic E-state index is 12.9. The van der Waals surface area contributed by atoms with E-state index in [4.69, 9.17) is 4.74 Å². The zero-order valence-electron chi connectivity index (χ0n) is 16.3. The minimum absolute atomic E-state index is 0.155. The molecule has 1 aliphatic rings. The summed E-state index contributed by atoms with van der Waals surface area (Å²) in [5.41, 5.74) is 1.11. The summed E-state index contributed by atoms with van der Waals surface area (Å²) in [6.45, 7) is 4.94. The molecule has 28 heavy (non-hydrogen) atoms. The van der Waals surface area contributed by atoms with E-state index in [1.54, 1.807) is 45.0 Å². The van der Waals surface area contributed by atoms with E-state index in [0.29, 0.717) is 11.4 Å². The third-order valence-corrected chi connectivity index (χ3v) is 4.96. The summed E-state index contributed by atoms with van der Waals surface area (Å²) in [5.74, 6) is -0.997. The zero-order chi connectivity index (χ0) is 20.3. The molecule has 1 aliphatic heterocycles. The van der Waals surface area contributed by atoms with E-state index >= 15 is 0 Å². The summed E-state index contributed by atoms with van der Waals surface area (Å²) >= 11 is 0. The molecule has 6 nitrogen and oxygen atoms in total. The minimum Gasteiger partial charge on any atom is -0.455 e. The van der Waals surface area contributed by atoms with Crippen molar-refractivity contribution in [3.63, 3.8) is 0 Å². The lowest BCUT2D eigenvalue weighted by atomic mass is 9.85. The zero-order valence-corrected chi connectivity index (χ0v) is 16.3. The van der Waals surface area contributed by atoms with Gasteiger partial charge in [0.1, 0.15) is 0 Å². The van der Waals surface area contributed by atoms with Crippen molar-refractivity contribution in [2.24, 2.45) is 0 Å². The van der Waals surface area contributed by atoms with Crippen molar-refractivity contribution in [3.05, 3.63) is 60.2 Å². The lowest BCUT2D eigenvalue weighted by Crippen LogP contribution is -2.42. The first-order valence-corrected chi connectivity index (χ1v) is 9.24. The second-order valence-electron chi connectivity index (χ2n) is 7.45. The fraction of sp³-hybridized carbons (Fsp3) is 0.318. The number of ether oxygens (including phenoxy) is 1. The van der Waals surface area contributed by atoms with Crippen molar-refractivity contribution in [2.45, 2.75) is 38.6 Å². The quantitative estimate of drug-likeness (QED) is 0.826. The Morgan fingerprint density at radius 2 is 1.75 bits per heavy atom. The maximum Gasteiger partial charge on any atom is 0.316 e. The molecule has 1 N–H and O–H groups in total. The SMILES string of the molecule is CC1CC(=O)Nc2ccccc2N1C(=O)COC(=O)C(C)(C)c1ccccc1. The highest BCUT2D eigenvalue weighted by Crippen LogP contribution is 2.31. The van der Waals surface area contributed by atoms with Crippen LogP contribution >= 0.6 is 0 Å². The van der Waals surface area contributed by atoms with Crippen LogP contribution in [0.1, 0.15) is 32.8 Å². The third-order valence-electron chi connectivity index (χ3n) is 4.96. The second kappa shape index (κ2) is 7.84. The predicted molar refractivity (Wildman–Crippen MR) is 107 cm³/mol. The molecule has 1 heterocycles. The molecule has 0 fully saturated rings. The van der Waals surface area contributed by atoms with E-state index in [2.05, 4.69) is 5.32 Å². The molecule has 0 spiro atoms. The molecule has 0 aromatic heterocycles. The number of nitrogens with zero attached hydrogens (tertiary/aromatic N) is 1. The molecule has 0 radical (unpaired) electrons. The predicted octanol–water partition coefficient (Wildman–Crippen LogP) is 3.27. The molecule has 6 heteroatoms. The van der Waals surface area contributed by atoms with Gasteiger partial charge in [0.25, 0.3) is 5.91 Å². The molecular weight excluding hydrogens is 356 g/mol. The van der Waals surface area contributed by atoms with Crippen LogP contribution in [0.25, 0.3) is 0 Å². The van der Waals surface area contributed by atoms with Gasteiger partial charge < -0.3 is 15.0 Å². The number of carbonyl (C=O) groups excluding carboxylic acids is 3. The summed E-state index contributed by atoms with van der Waals surface area (Å²) in [5, 5.41) is 2.81. The van der Waals surface area contributed by atoms with Gasteiger partial charge in [0.05, 0.1) is 16.8 Å². The Balaban J connectivity index is 1.75. The average Bonchev–Trinajstić information content (AvgIpc) is 2.80. The molecule has 2 amide bonds. The van der Waals surface area contributed by atoms with Crippen LogP contribution in [-0.2, 0) is 24.5 Å². The highest BCUT2D eigenvalue weighted by molar-refractivity contribution is 6.05. The highest BCUT2D eigenvalue weighted by Gasteiger charge is 2.34. The van der Waals surface area contributed by atoms with Gasteiger partial charge in [-0.15, -0.1) is 0 Å². The number of fused-ring (bicyclic) bond motifs is 1. The third kappa shape index (κ3) is 3.91. The van der Waals surface area contributed by atoms with Gasteiger partial charge in [-0.2, -0.15) is 0 Å². The van der Waals surface area contributed by atoms with E-state index in [1.807, 2.05) is 30.3 Å². The van der Waals surface area contributed by atoms with Gasteiger partial charge in [-0.1, -0.05) is 42.5 Å². The summed E-state index contributed by atoms with van der Waals surface area (Å²) < 4.78 is 5.37. The highest BCUT2D eigenvalue weighted by atomic mass is 16.5. The Morgan fingerprint density at radius 1 is 1.11 bits per heavy atom. The first-order chi connectivity index (χ1) is 13.3. The largest absolute Gasteiger partial charge is 0.455 e. The first kappa shape index (κ1) is 19.6. The summed E-state index contributed by atoms with van der Waals surface area (Å²) in [6.07, 6.45) is 0.171. The summed E-state index contributed by atoms with van der Waals surface area (Å²) in [4.78, 5) is 39.1. The van der Waals surface area contributed by atoms with Crippen molar-refractivity contribution in [3.8, 4) is 0 Å². The van der Waals surface area contributed by atoms with Crippen molar-refractivity contribution in [1.29, 1.82) is 0 Å². The number of hydrogen-bond acceptors (Lipinski definition) is 4. The normalized spacial score (nSPS) is 16.6. The van der Waals surface area contributed by atoms with Crippen LogP contribution in [0, 0.1) is 0 Å². The van der Waals surface area contributed by atoms with Crippen molar-refractivity contribution >= 4 is 29.2 Å². The lowest BCUT2D eigenvalue weighted by molar-refractivity contribution is -0.152. The fourth-order valence-electron chi connectivity index (χ4n) is 3.32. The Bertz CT molecular complexity index is 892. The minimum atomic E-state index is -0.874. The molecule has 1 unspecified atom stereocenters. The molecule has 0 saturated heterocycles. The Labute approximate surface area is 164 Å². The number of anilines is 2. The van der Waals surface area contributed by atoms with Crippen molar-refractivity contribution in [1.82, 2.24) is 0 Å². The van der Waals surface area contributed by atoms with Crippen LogP contribution in [0.2, 0.25) is 0 Å². The van der Waals surface area contributed by atoms with Crippen molar-refractivity contribution in [2.75, 3.05) is 16.8 Å². The number of benzene rings is 2. The molecule has 0 bridgehead atoms. The Morgan fingerprint density at radius 3 is 2.46 bits per heavy atom. The summed E-state index contributed by atoms with van der Waals surface area (Å²) in [7, 11) is 0. The van der Waals surface area contributed by atoms with Gasteiger partial charge >= 0.3 is 5.97 Å². The van der Waals surface area contributed by atoms with Crippen LogP contribution in [-0.4, -0.2) is 30.4 Å². The van der Waals surface area contributed by atoms with E-state index in [9.17, 15) is 14.4 Å². The number of para-hydroxylation sites is 2. The molecule has 1 atom stereocenters. The second-order valence-corrected chi connectivity index (χ2v) is 7.45. The smallest absolute Gasteiger partial charge is 0.316 e. The molecule has 3 rings (SSSR count). The summed E-state index contributed by atoms with van der Waals surface area (Å²) in [6, 6.07) is 16.1. The van der Waals surface area contributed by atoms with E-state index in [1.165, 1.54) is 4.90 Å². The van der Waals surface area contributed by atoms with Gasteiger partial charge in [0, 0.05) is 12.5 Å². The Kier molecular flexibility index (Phi) is 5.49. The number of amides is 2. The van der Waals surface area contributed by atoms with Gasteiger partial charge in [-0.25, -0.2) is 0 Å². The molecule has 0 aliphatic carbocycles. The van der Waals surface area contributed by atoms with Gasteiger partial charge in [0.15, 0.2) is 6.61 Å². The first-order valence-electron chi connectivity index (χ1n) is 9.24. The Hall–Kier alpha value is -3.15. The van der Waals surface area contributed by atoms with Crippen LogP contribution in [0.4, 0.5) is 11.4 Å². The van der Waals surface area contributed by atoms with E-state index in [-0.39, 0.29) is 30.9 Å². The molecule has 2 aromatic rings. The molecular formula is C22H24N2O4. The molecule has 2 aromatic carbocycles. The number of nitrogens with one attached hydrogen (secondary N) is 1. The van der Waals surface area contributed by atoms with Crippen LogP contribution < -0.4 is 10.2 Å². The maximum atomic E-state index is 12.9. The lowest BCUT2D eigenvalue weighted by Gasteiger charge is -2.28. The van der Waals surface area contributed by atoms with Gasteiger partial charge in [-0.3, -0.25) is 14.4 Å². The monoisotopic (exact) mass is 380 g/mol. The number of carbonyl (C=O) groups is 3. The average molecular weight is 380 g/mol. The van der Waals surface area contributed by atoms with Crippen LogP contribution in [0.5, 0.6) is 0 Å². The van der Waals surface area contributed by atoms with Gasteiger partial charge in [0.2, 0.25) is 5.91 Å². The van der Waals surface area contributed by atoms with Crippen LogP contribution in [0.3, 0.4) is 0 Å². The van der Waals surface area contributed by atoms with Gasteiger partial charge in [-0.05, 0) is 38.5 Å². The molecule has 0 saturated carbocycles. The number of esters is 1. The fourth-order valence-corrected chi connectivity index (χ4v) is 3.32. The number of hydrogen-bond donors (Lipinski definition) is 1. The van der Waals surface area contributed by atoms with Crippen molar-refractivity contribution < 1.29 is 19.1 Å². The standard InChI is InChI=1S/C22H24N2O4/c1-15-13-19(25)23-17-11-7-8-12-18(17)24(15)20(26)14-28-21(27)22(2,3)16-9-5-4-6-10-16/h4-12,15H,13-14H2,1-3H3,(H,23,25). The van der Waals surface area contributed by atoms with E-state index in [0.717, 1.165) is 5.56 Å². The topological polar surface area (TPSA) is 75.7 Å². The molecule has 146 valence electrons.